The predicted molar refractivity (Wildman–Crippen MR) is 102 cm³/mol. The van der Waals surface area contributed by atoms with Crippen molar-refractivity contribution in [3.8, 4) is 0 Å². The van der Waals surface area contributed by atoms with Crippen molar-refractivity contribution in [2.24, 2.45) is 11.5 Å². The van der Waals surface area contributed by atoms with E-state index in [1.807, 2.05) is 0 Å². The molecule has 0 aromatic carbocycles. The summed E-state index contributed by atoms with van der Waals surface area (Å²) in [5.41, 5.74) is 10.5. The fraction of sp³-hybridized carbons (Fsp3) is 0.647. The van der Waals surface area contributed by atoms with Gasteiger partial charge >= 0.3 is 11.9 Å². The summed E-state index contributed by atoms with van der Waals surface area (Å²) in [4.78, 5) is 71.4. The summed E-state index contributed by atoms with van der Waals surface area (Å²) in [5.74, 6) is -6.10. The van der Waals surface area contributed by atoms with Crippen molar-refractivity contribution in [2.75, 3.05) is 13.2 Å². The Balaban J connectivity index is 2.89. The van der Waals surface area contributed by atoms with Gasteiger partial charge in [0.2, 0.25) is 23.6 Å². The molecule has 14 heteroatoms. The number of nitrogens with zero attached hydrogens (tertiary/aromatic N) is 1. The van der Waals surface area contributed by atoms with Gasteiger partial charge in [0, 0.05) is 13.0 Å². The minimum absolute atomic E-state index is 0.133. The van der Waals surface area contributed by atoms with E-state index >= 15 is 0 Å². The second kappa shape index (κ2) is 11.8. The molecule has 1 heterocycles. The number of carbonyl (C=O) groups is 6. The van der Waals surface area contributed by atoms with Crippen LogP contribution in [-0.4, -0.2) is 93.1 Å². The third kappa shape index (κ3) is 7.82. The molecule has 1 aliphatic heterocycles. The number of nitrogens with one attached hydrogen (secondary N) is 2. The third-order valence-electron chi connectivity index (χ3n) is 4.66. The highest BCUT2D eigenvalue weighted by molar-refractivity contribution is 5.95. The maximum Gasteiger partial charge on any atom is 0.326 e. The number of rotatable bonds is 12. The van der Waals surface area contributed by atoms with Gasteiger partial charge in [-0.2, -0.15) is 0 Å². The van der Waals surface area contributed by atoms with E-state index in [0.29, 0.717) is 6.42 Å². The van der Waals surface area contributed by atoms with Crippen LogP contribution in [0.1, 0.15) is 32.1 Å². The number of primary amides is 1. The number of likely N-dealkylation sites (tertiary alicyclic amines) is 1. The van der Waals surface area contributed by atoms with E-state index in [1.54, 1.807) is 0 Å². The molecule has 0 aliphatic carbocycles. The first kappa shape index (κ1) is 25.8. The van der Waals surface area contributed by atoms with Gasteiger partial charge in [-0.15, -0.1) is 0 Å². The van der Waals surface area contributed by atoms with Crippen LogP contribution in [-0.2, 0) is 28.8 Å². The van der Waals surface area contributed by atoms with Crippen molar-refractivity contribution in [3.05, 3.63) is 0 Å². The topological polar surface area (TPSA) is 242 Å². The summed E-state index contributed by atoms with van der Waals surface area (Å²) in [6, 6.07) is -5.46. The van der Waals surface area contributed by atoms with Crippen LogP contribution in [0.2, 0.25) is 0 Å². The number of aliphatic hydroxyl groups excluding tert-OH is 1. The lowest BCUT2D eigenvalue weighted by Gasteiger charge is -2.28. The van der Waals surface area contributed by atoms with Gasteiger partial charge in [-0.3, -0.25) is 24.0 Å². The lowest BCUT2D eigenvalue weighted by Crippen LogP contribution is -2.58. The molecule has 1 rings (SSSR count). The van der Waals surface area contributed by atoms with E-state index < -0.39 is 72.8 Å². The van der Waals surface area contributed by atoms with Crippen molar-refractivity contribution in [1.82, 2.24) is 15.5 Å². The van der Waals surface area contributed by atoms with Crippen LogP contribution in [0.25, 0.3) is 0 Å². The molecule has 0 bridgehead atoms. The lowest BCUT2D eigenvalue weighted by atomic mass is 10.1. The highest BCUT2D eigenvalue weighted by Crippen LogP contribution is 2.18. The van der Waals surface area contributed by atoms with Crippen molar-refractivity contribution < 1.29 is 44.1 Å². The van der Waals surface area contributed by atoms with E-state index in [9.17, 15) is 39.0 Å². The Bertz CT molecular complexity index is 729. The average Bonchev–Trinajstić information content (AvgIpc) is 3.17. The number of hydrogen-bond acceptors (Lipinski definition) is 8. The molecule has 0 aromatic heterocycles. The molecular formula is C17H27N5O9. The molecule has 1 fully saturated rings. The smallest absolute Gasteiger partial charge is 0.326 e. The number of nitrogens with two attached hydrogens (primary N) is 2. The number of carbonyl (C=O) groups excluding carboxylic acids is 4. The maximum absolute atomic E-state index is 12.6. The Morgan fingerprint density at radius 2 is 1.65 bits per heavy atom. The van der Waals surface area contributed by atoms with Crippen molar-refractivity contribution >= 4 is 35.6 Å². The Kier molecular flexibility index (Phi) is 9.82. The van der Waals surface area contributed by atoms with Gasteiger partial charge in [0.1, 0.15) is 18.1 Å². The number of hydrogen-bond donors (Lipinski definition) is 7. The molecule has 174 valence electrons. The summed E-state index contributed by atoms with van der Waals surface area (Å²) in [6.45, 7) is -0.712. The number of aliphatic hydroxyl groups is 1. The lowest BCUT2D eigenvalue weighted by molar-refractivity contribution is -0.150. The quantitative estimate of drug-likeness (QED) is 0.154. The van der Waals surface area contributed by atoms with E-state index in [-0.39, 0.29) is 25.8 Å². The van der Waals surface area contributed by atoms with Crippen LogP contribution in [0.5, 0.6) is 0 Å². The second-order valence-corrected chi connectivity index (χ2v) is 7.04. The molecule has 1 saturated heterocycles. The van der Waals surface area contributed by atoms with Gasteiger partial charge in [0.25, 0.3) is 0 Å². The van der Waals surface area contributed by atoms with Crippen molar-refractivity contribution in [2.45, 2.75) is 56.3 Å². The molecule has 31 heavy (non-hydrogen) atoms. The van der Waals surface area contributed by atoms with Gasteiger partial charge in [-0.05, 0) is 19.3 Å². The fourth-order valence-corrected chi connectivity index (χ4v) is 3.06. The Morgan fingerprint density at radius 1 is 1.03 bits per heavy atom. The molecule has 14 nitrogen and oxygen atoms in total. The molecule has 0 spiro atoms. The van der Waals surface area contributed by atoms with Gasteiger partial charge in [-0.1, -0.05) is 0 Å². The normalized spacial score (nSPS) is 18.5. The average molecular weight is 445 g/mol. The first-order valence-corrected chi connectivity index (χ1v) is 9.48. The number of amides is 4. The SMILES string of the molecule is NC(=O)CCC(NC(=O)C(N)CC(=O)O)C(=O)NC(CO)C(=O)N1CCCC1C(=O)O. The van der Waals surface area contributed by atoms with E-state index in [0.717, 1.165) is 4.90 Å². The van der Waals surface area contributed by atoms with Crippen LogP contribution < -0.4 is 22.1 Å². The molecule has 4 amide bonds. The van der Waals surface area contributed by atoms with Crippen LogP contribution in [0.3, 0.4) is 0 Å². The van der Waals surface area contributed by atoms with E-state index in [4.69, 9.17) is 16.6 Å². The van der Waals surface area contributed by atoms with Gasteiger partial charge in [0.15, 0.2) is 0 Å². The van der Waals surface area contributed by atoms with E-state index in [2.05, 4.69) is 10.6 Å². The number of carboxylic acid groups (broad SMARTS) is 2. The molecule has 0 saturated carbocycles. The Hall–Kier alpha value is -3.26. The van der Waals surface area contributed by atoms with Gasteiger partial charge < -0.3 is 42.3 Å². The summed E-state index contributed by atoms with van der Waals surface area (Å²) in [6.07, 6.45) is -0.642. The zero-order valence-corrected chi connectivity index (χ0v) is 16.7. The Labute approximate surface area is 176 Å². The van der Waals surface area contributed by atoms with Crippen LogP contribution in [0.4, 0.5) is 0 Å². The number of aliphatic carboxylic acids is 2. The van der Waals surface area contributed by atoms with Gasteiger partial charge in [0.05, 0.1) is 19.1 Å². The van der Waals surface area contributed by atoms with Crippen molar-refractivity contribution in [3.63, 3.8) is 0 Å². The minimum atomic E-state index is -1.49. The fourth-order valence-electron chi connectivity index (χ4n) is 3.06. The van der Waals surface area contributed by atoms with Crippen LogP contribution >= 0.6 is 0 Å². The number of carboxylic acids is 2. The molecule has 4 unspecified atom stereocenters. The monoisotopic (exact) mass is 445 g/mol. The molecule has 0 radical (unpaired) electrons. The zero-order valence-electron chi connectivity index (χ0n) is 16.7. The van der Waals surface area contributed by atoms with Gasteiger partial charge in [-0.25, -0.2) is 4.79 Å². The summed E-state index contributed by atoms with van der Waals surface area (Å²) in [5, 5.41) is 31.9. The standard InChI is InChI=1S/C17H27N5O9/c18-8(6-13(25)26)14(27)20-9(3-4-12(19)24)15(28)21-10(7-23)16(29)22-5-1-2-11(22)17(30)31/h8-11,23H,1-7,18H2,(H2,19,24)(H,20,27)(H,21,28)(H,25,26)(H,30,31). The summed E-state index contributed by atoms with van der Waals surface area (Å²) in [7, 11) is 0. The molecule has 9 N–H and O–H groups in total. The van der Waals surface area contributed by atoms with Crippen LogP contribution in [0, 0.1) is 0 Å². The molecule has 0 aromatic rings. The maximum atomic E-state index is 12.6. The highest BCUT2D eigenvalue weighted by Gasteiger charge is 2.38. The molecular weight excluding hydrogens is 418 g/mol. The predicted octanol–water partition coefficient (Wildman–Crippen LogP) is -3.91. The third-order valence-corrected chi connectivity index (χ3v) is 4.66. The minimum Gasteiger partial charge on any atom is -0.481 e. The molecule has 1 aliphatic rings. The first-order chi connectivity index (χ1) is 14.5. The molecule has 4 atom stereocenters. The van der Waals surface area contributed by atoms with E-state index in [1.165, 1.54) is 0 Å². The summed E-state index contributed by atoms with van der Waals surface area (Å²) >= 11 is 0. The first-order valence-electron chi connectivity index (χ1n) is 9.48. The van der Waals surface area contributed by atoms with Crippen LogP contribution in [0.15, 0.2) is 0 Å². The zero-order chi connectivity index (χ0) is 23.7. The summed E-state index contributed by atoms with van der Waals surface area (Å²) < 4.78 is 0. The largest absolute Gasteiger partial charge is 0.481 e. The second-order valence-electron chi connectivity index (χ2n) is 7.04. The van der Waals surface area contributed by atoms with Crippen molar-refractivity contribution in [1.29, 1.82) is 0 Å². The Morgan fingerprint density at radius 3 is 2.16 bits per heavy atom. The highest BCUT2D eigenvalue weighted by atomic mass is 16.4.